The molecule has 1 aromatic rings. The van der Waals surface area contributed by atoms with Crippen LogP contribution in [0.1, 0.15) is 32.1 Å². The van der Waals surface area contributed by atoms with Crippen LogP contribution in [-0.4, -0.2) is 51.4 Å². The van der Waals surface area contributed by atoms with Gasteiger partial charge in [0.25, 0.3) is 0 Å². The SMILES string of the molecule is O=[N+]([O-])c1c(Cl)nc(NC2CCC(O)CC2)nc1NC1CCOC1. The molecule has 10 heteroatoms. The molecule has 0 spiro atoms. The van der Waals surface area contributed by atoms with Gasteiger partial charge in [-0.3, -0.25) is 10.1 Å². The smallest absolute Gasteiger partial charge is 0.348 e. The summed E-state index contributed by atoms with van der Waals surface area (Å²) >= 11 is 6.01. The van der Waals surface area contributed by atoms with E-state index in [0.29, 0.717) is 26.1 Å². The number of nitrogens with zero attached hydrogens (tertiary/aromatic N) is 3. The van der Waals surface area contributed by atoms with E-state index < -0.39 is 4.92 Å². The number of ether oxygens (including phenoxy) is 1. The second-order valence-corrected chi connectivity index (χ2v) is 6.50. The Morgan fingerprint density at radius 2 is 1.92 bits per heavy atom. The van der Waals surface area contributed by atoms with Gasteiger partial charge in [-0.25, -0.2) is 0 Å². The highest BCUT2D eigenvalue weighted by Gasteiger charge is 2.28. The third-order valence-corrected chi connectivity index (χ3v) is 4.59. The highest BCUT2D eigenvalue weighted by atomic mass is 35.5. The standard InChI is InChI=1S/C14H20ClN5O4/c15-12-11(20(22)23)13(16-9-5-6-24-7-9)19-14(18-12)17-8-1-3-10(21)4-2-8/h8-10,21H,1-7H2,(H2,16,17,18,19). The summed E-state index contributed by atoms with van der Waals surface area (Å²) < 4.78 is 5.27. The minimum Gasteiger partial charge on any atom is -0.393 e. The predicted molar refractivity (Wildman–Crippen MR) is 88.4 cm³/mol. The van der Waals surface area contributed by atoms with Gasteiger partial charge in [0.1, 0.15) is 0 Å². The zero-order valence-corrected chi connectivity index (χ0v) is 13.8. The maximum Gasteiger partial charge on any atom is 0.348 e. The van der Waals surface area contributed by atoms with E-state index in [1.165, 1.54) is 0 Å². The largest absolute Gasteiger partial charge is 0.393 e. The van der Waals surface area contributed by atoms with Crippen molar-refractivity contribution in [3.05, 3.63) is 15.3 Å². The van der Waals surface area contributed by atoms with E-state index >= 15 is 0 Å². The average Bonchev–Trinajstić information content (AvgIpc) is 3.02. The van der Waals surface area contributed by atoms with Crippen LogP contribution in [0.25, 0.3) is 0 Å². The van der Waals surface area contributed by atoms with Crippen LogP contribution in [0.3, 0.4) is 0 Å². The van der Waals surface area contributed by atoms with Gasteiger partial charge in [0.2, 0.25) is 16.9 Å². The highest BCUT2D eigenvalue weighted by Crippen LogP contribution is 2.32. The van der Waals surface area contributed by atoms with Gasteiger partial charge in [0.15, 0.2) is 0 Å². The first-order valence-electron chi connectivity index (χ1n) is 8.03. The van der Waals surface area contributed by atoms with Crippen molar-refractivity contribution in [3.63, 3.8) is 0 Å². The Labute approximate surface area is 143 Å². The first-order chi connectivity index (χ1) is 11.5. The zero-order valence-electron chi connectivity index (χ0n) is 13.1. The summed E-state index contributed by atoms with van der Waals surface area (Å²) in [5.74, 6) is 0.363. The molecule has 2 fully saturated rings. The fraction of sp³-hybridized carbons (Fsp3) is 0.714. The number of nitro groups is 1. The number of rotatable bonds is 5. The third kappa shape index (κ3) is 4.03. The lowest BCUT2D eigenvalue weighted by atomic mass is 9.93. The number of halogens is 1. The molecule has 2 aliphatic rings. The molecule has 2 heterocycles. The molecule has 0 radical (unpaired) electrons. The van der Waals surface area contributed by atoms with Crippen molar-refractivity contribution in [2.24, 2.45) is 0 Å². The monoisotopic (exact) mass is 357 g/mol. The normalized spacial score (nSPS) is 27.0. The Bertz CT molecular complexity index is 603. The van der Waals surface area contributed by atoms with Crippen LogP contribution in [0, 0.1) is 10.1 Å². The Morgan fingerprint density at radius 3 is 2.54 bits per heavy atom. The number of aliphatic hydroxyl groups excluding tert-OH is 1. The molecule has 132 valence electrons. The van der Waals surface area contributed by atoms with E-state index in [0.717, 1.165) is 19.3 Å². The summed E-state index contributed by atoms with van der Waals surface area (Å²) in [5.41, 5.74) is -0.326. The summed E-state index contributed by atoms with van der Waals surface area (Å²) in [7, 11) is 0. The molecule has 3 N–H and O–H groups in total. The van der Waals surface area contributed by atoms with Gasteiger partial charge < -0.3 is 20.5 Å². The number of aromatic nitrogens is 2. The van der Waals surface area contributed by atoms with Crippen LogP contribution in [0.4, 0.5) is 17.5 Å². The molecule has 1 aromatic heterocycles. The molecular formula is C14H20ClN5O4. The van der Waals surface area contributed by atoms with Crippen LogP contribution in [0.5, 0.6) is 0 Å². The minimum atomic E-state index is -0.582. The van der Waals surface area contributed by atoms with E-state index in [4.69, 9.17) is 16.3 Å². The van der Waals surface area contributed by atoms with Gasteiger partial charge >= 0.3 is 5.69 Å². The highest BCUT2D eigenvalue weighted by molar-refractivity contribution is 6.32. The van der Waals surface area contributed by atoms with Gasteiger partial charge in [-0.2, -0.15) is 9.97 Å². The van der Waals surface area contributed by atoms with Crippen LogP contribution in [-0.2, 0) is 4.74 Å². The van der Waals surface area contributed by atoms with E-state index in [-0.39, 0.29) is 40.8 Å². The van der Waals surface area contributed by atoms with E-state index in [9.17, 15) is 15.2 Å². The molecule has 1 atom stereocenters. The number of aliphatic hydroxyl groups is 1. The molecule has 1 unspecified atom stereocenters. The van der Waals surface area contributed by atoms with Crippen molar-refractivity contribution in [3.8, 4) is 0 Å². The molecule has 1 aliphatic heterocycles. The molecular weight excluding hydrogens is 338 g/mol. The second-order valence-electron chi connectivity index (χ2n) is 6.15. The second kappa shape index (κ2) is 7.45. The summed E-state index contributed by atoms with van der Waals surface area (Å²) in [6.45, 7) is 1.09. The summed E-state index contributed by atoms with van der Waals surface area (Å²) in [6.07, 6.45) is 3.49. The lowest BCUT2D eigenvalue weighted by molar-refractivity contribution is -0.384. The first kappa shape index (κ1) is 17.1. The Morgan fingerprint density at radius 1 is 1.17 bits per heavy atom. The molecule has 1 saturated carbocycles. The van der Waals surface area contributed by atoms with Gasteiger partial charge in [-0.1, -0.05) is 11.6 Å². The number of hydrogen-bond donors (Lipinski definition) is 3. The molecule has 0 aromatic carbocycles. The Balaban J connectivity index is 1.79. The Kier molecular flexibility index (Phi) is 5.32. The number of anilines is 2. The van der Waals surface area contributed by atoms with Gasteiger partial charge in [-0.05, 0) is 32.1 Å². The predicted octanol–water partition coefficient (Wildman–Crippen LogP) is 1.95. The van der Waals surface area contributed by atoms with Crippen molar-refractivity contribution < 1.29 is 14.8 Å². The third-order valence-electron chi connectivity index (χ3n) is 4.32. The van der Waals surface area contributed by atoms with E-state index in [1.807, 2.05) is 0 Å². The molecule has 3 rings (SSSR count). The summed E-state index contributed by atoms with van der Waals surface area (Å²) in [4.78, 5) is 19.0. The topological polar surface area (TPSA) is 122 Å². The van der Waals surface area contributed by atoms with Crippen LogP contribution in [0.2, 0.25) is 5.15 Å². The van der Waals surface area contributed by atoms with Gasteiger partial charge in [0.05, 0.1) is 23.7 Å². The zero-order chi connectivity index (χ0) is 17.1. The Hall–Kier alpha value is -1.71. The van der Waals surface area contributed by atoms with Gasteiger partial charge in [-0.15, -0.1) is 0 Å². The fourth-order valence-corrected chi connectivity index (χ4v) is 3.24. The molecule has 1 aliphatic carbocycles. The van der Waals surface area contributed by atoms with Gasteiger partial charge in [0, 0.05) is 12.6 Å². The molecule has 0 bridgehead atoms. The minimum absolute atomic E-state index is 0.0349. The quantitative estimate of drug-likeness (QED) is 0.415. The average molecular weight is 358 g/mol. The van der Waals surface area contributed by atoms with Crippen molar-refractivity contribution in [1.29, 1.82) is 0 Å². The maximum atomic E-state index is 11.3. The van der Waals surface area contributed by atoms with E-state index in [1.54, 1.807) is 0 Å². The molecule has 1 saturated heterocycles. The maximum absolute atomic E-state index is 11.3. The van der Waals surface area contributed by atoms with Crippen molar-refractivity contribution >= 4 is 29.1 Å². The number of nitrogens with one attached hydrogen (secondary N) is 2. The number of hydrogen-bond acceptors (Lipinski definition) is 8. The van der Waals surface area contributed by atoms with Crippen LogP contribution in [0.15, 0.2) is 0 Å². The molecule has 24 heavy (non-hydrogen) atoms. The fourth-order valence-electron chi connectivity index (χ4n) is 3.00. The summed E-state index contributed by atoms with van der Waals surface area (Å²) in [6, 6.07) is 0.0842. The van der Waals surface area contributed by atoms with Crippen molar-refractivity contribution in [2.45, 2.75) is 50.3 Å². The van der Waals surface area contributed by atoms with Crippen molar-refractivity contribution in [1.82, 2.24) is 9.97 Å². The lowest BCUT2D eigenvalue weighted by Gasteiger charge is -2.26. The first-order valence-corrected chi connectivity index (χ1v) is 8.41. The molecule has 9 nitrogen and oxygen atoms in total. The lowest BCUT2D eigenvalue weighted by Crippen LogP contribution is -2.29. The molecule has 0 amide bonds. The summed E-state index contributed by atoms with van der Waals surface area (Å²) in [5, 5.41) is 26.8. The van der Waals surface area contributed by atoms with E-state index in [2.05, 4.69) is 20.6 Å². The van der Waals surface area contributed by atoms with Crippen LogP contribution >= 0.6 is 11.6 Å². The van der Waals surface area contributed by atoms with Crippen molar-refractivity contribution in [2.75, 3.05) is 23.8 Å². The van der Waals surface area contributed by atoms with Crippen LogP contribution < -0.4 is 10.6 Å².